The summed E-state index contributed by atoms with van der Waals surface area (Å²) in [6, 6.07) is 16.5. The quantitative estimate of drug-likeness (QED) is 0.855. The summed E-state index contributed by atoms with van der Waals surface area (Å²) in [6.07, 6.45) is -0.302. The van der Waals surface area contributed by atoms with Crippen molar-refractivity contribution in [3.8, 4) is 0 Å². The Morgan fingerprint density at radius 3 is 2.65 bits per heavy atom. The van der Waals surface area contributed by atoms with E-state index in [2.05, 4.69) is 10.3 Å². The molecule has 23 heavy (non-hydrogen) atoms. The third-order valence-corrected chi connectivity index (χ3v) is 4.58. The van der Waals surface area contributed by atoms with Gasteiger partial charge in [-0.2, -0.15) is 0 Å². The minimum absolute atomic E-state index is 0.00190. The smallest absolute Gasteiger partial charge is 0.192 e. The Hall–Kier alpha value is -1.98. The molecule has 0 saturated carbocycles. The van der Waals surface area contributed by atoms with E-state index in [1.165, 1.54) is 0 Å². The Balaban J connectivity index is 1.95. The molecule has 1 aliphatic rings. The van der Waals surface area contributed by atoms with Gasteiger partial charge in [-0.3, -0.25) is 15.1 Å². The van der Waals surface area contributed by atoms with Gasteiger partial charge in [0.2, 0.25) is 0 Å². The normalized spacial score (nSPS) is 20.6. The van der Waals surface area contributed by atoms with E-state index in [9.17, 15) is 9.18 Å². The van der Waals surface area contributed by atoms with Crippen LogP contribution in [-0.4, -0.2) is 30.7 Å². The SMILES string of the molecule is CNC1N=C(c2ccccc2)C(=O)C1c1cccc(SCF)c1. The zero-order valence-corrected chi connectivity index (χ0v) is 13.5. The summed E-state index contributed by atoms with van der Waals surface area (Å²) in [6.45, 7) is 0. The maximum atomic E-state index is 12.9. The fourth-order valence-electron chi connectivity index (χ4n) is 2.81. The zero-order valence-electron chi connectivity index (χ0n) is 12.7. The lowest BCUT2D eigenvalue weighted by molar-refractivity contribution is -0.114. The van der Waals surface area contributed by atoms with Crippen molar-refractivity contribution in [1.29, 1.82) is 0 Å². The Kier molecular flexibility index (Phi) is 4.88. The second kappa shape index (κ2) is 7.06. The monoisotopic (exact) mass is 328 g/mol. The number of Topliss-reactive ketones (excluding diaryl/α,β-unsaturated/α-hetero) is 1. The number of benzene rings is 2. The number of halogens is 1. The van der Waals surface area contributed by atoms with Gasteiger partial charge in [0, 0.05) is 10.5 Å². The van der Waals surface area contributed by atoms with Gasteiger partial charge in [-0.25, -0.2) is 4.39 Å². The summed E-state index contributed by atoms with van der Waals surface area (Å²) in [5.74, 6) is -0.381. The van der Waals surface area contributed by atoms with Crippen LogP contribution in [0.1, 0.15) is 17.0 Å². The summed E-state index contributed by atoms with van der Waals surface area (Å²) in [7, 11) is 1.79. The molecule has 0 bridgehead atoms. The average Bonchev–Trinajstić information content (AvgIpc) is 2.93. The number of thioether (sulfide) groups is 1. The predicted molar refractivity (Wildman–Crippen MR) is 91.8 cm³/mol. The number of alkyl halides is 1. The molecule has 0 saturated heterocycles. The molecule has 0 spiro atoms. The topological polar surface area (TPSA) is 41.5 Å². The number of carbonyl (C=O) groups excluding carboxylic acids is 1. The molecule has 0 aliphatic carbocycles. The summed E-state index contributed by atoms with van der Waals surface area (Å²) < 4.78 is 12.6. The number of rotatable bonds is 5. The molecule has 1 aliphatic heterocycles. The van der Waals surface area contributed by atoms with Gasteiger partial charge in [0.25, 0.3) is 0 Å². The molecule has 0 fully saturated rings. The third kappa shape index (κ3) is 3.21. The summed E-state index contributed by atoms with van der Waals surface area (Å²) >= 11 is 1.12. The molecule has 2 aromatic rings. The highest BCUT2D eigenvalue weighted by Crippen LogP contribution is 2.31. The lowest BCUT2D eigenvalue weighted by Gasteiger charge is -2.17. The lowest BCUT2D eigenvalue weighted by atomic mass is 9.91. The first-order valence-electron chi connectivity index (χ1n) is 7.38. The van der Waals surface area contributed by atoms with E-state index in [0.717, 1.165) is 27.8 Å². The van der Waals surface area contributed by atoms with E-state index in [1.807, 2.05) is 54.6 Å². The number of carbonyl (C=O) groups is 1. The number of ketones is 1. The molecule has 3 nitrogen and oxygen atoms in total. The van der Waals surface area contributed by atoms with Crippen LogP contribution in [0.4, 0.5) is 4.39 Å². The van der Waals surface area contributed by atoms with Crippen molar-refractivity contribution in [2.24, 2.45) is 4.99 Å². The largest absolute Gasteiger partial charge is 0.298 e. The second-order valence-corrected chi connectivity index (χ2v) is 6.22. The Morgan fingerprint density at radius 2 is 1.96 bits per heavy atom. The summed E-state index contributed by atoms with van der Waals surface area (Å²) in [5.41, 5.74) is 2.19. The summed E-state index contributed by atoms with van der Waals surface area (Å²) in [5, 5.41) is 3.10. The van der Waals surface area contributed by atoms with Crippen LogP contribution >= 0.6 is 11.8 Å². The third-order valence-electron chi connectivity index (χ3n) is 3.88. The number of nitrogens with zero attached hydrogens (tertiary/aromatic N) is 1. The first kappa shape index (κ1) is 15.9. The van der Waals surface area contributed by atoms with Crippen molar-refractivity contribution in [2.45, 2.75) is 17.0 Å². The number of nitrogens with one attached hydrogen (secondary N) is 1. The Bertz CT molecular complexity index is 733. The van der Waals surface area contributed by atoms with Crippen LogP contribution in [0.25, 0.3) is 0 Å². The molecule has 118 valence electrons. The van der Waals surface area contributed by atoms with Gasteiger partial charge < -0.3 is 0 Å². The molecule has 5 heteroatoms. The van der Waals surface area contributed by atoms with Crippen LogP contribution in [0.15, 0.2) is 64.5 Å². The molecule has 1 N–H and O–H groups in total. The van der Waals surface area contributed by atoms with Crippen molar-refractivity contribution in [3.05, 3.63) is 65.7 Å². The van der Waals surface area contributed by atoms with Crippen molar-refractivity contribution >= 4 is 23.3 Å². The molecule has 2 unspecified atom stereocenters. The van der Waals surface area contributed by atoms with Crippen LogP contribution in [0.3, 0.4) is 0 Å². The molecular weight excluding hydrogens is 311 g/mol. The highest BCUT2D eigenvalue weighted by atomic mass is 32.2. The van der Waals surface area contributed by atoms with Gasteiger partial charge in [0.05, 0.1) is 5.92 Å². The van der Waals surface area contributed by atoms with Gasteiger partial charge in [-0.1, -0.05) is 54.2 Å². The molecule has 2 atom stereocenters. The van der Waals surface area contributed by atoms with Crippen LogP contribution in [0.2, 0.25) is 0 Å². The number of hydrogen-bond donors (Lipinski definition) is 1. The fourth-order valence-corrected chi connectivity index (χ4v) is 3.33. The first-order valence-corrected chi connectivity index (χ1v) is 8.36. The molecule has 2 aromatic carbocycles. The van der Waals surface area contributed by atoms with E-state index in [4.69, 9.17) is 0 Å². The van der Waals surface area contributed by atoms with Crippen LogP contribution < -0.4 is 5.32 Å². The summed E-state index contributed by atoms with van der Waals surface area (Å²) in [4.78, 5) is 18.3. The second-order valence-electron chi connectivity index (χ2n) is 5.25. The van der Waals surface area contributed by atoms with Gasteiger partial charge in [-0.15, -0.1) is 0 Å². The van der Waals surface area contributed by atoms with Crippen molar-refractivity contribution < 1.29 is 9.18 Å². The van der Waals surface area contributed by atoms with Gasteiger partial charge in [-0.05, 0) is 24.7 Å². The van der Waals surface area contributed by atoms with Crippen LogP contribution in [0.5, 0.6) is 0 Å². The minimum atomic E-state index is -0.483. The first-order chi connectivity index (χ1) is 11.2. The highest BCUT2D eigenvalue weighted by Gasteiger charge is 2.38. The van der Waals surface area contributed by atoms with Gasteiger partial charge in [0.15, 0.2) is 5.78 Å². The molecule has 0 amide bonds. The standard InChI is InChI=1S/C18H17FN2OS/c1-20-18-15(13-8-5-9-14(10-13)23-11-19)17(22)16(21-18)12-6-3-2-4-7-12/h2-10,15,18,20H,11H2,1H3. The van der Waals surface area contributed by atoms with Crippen molar-refractivity contribution in [2.75, 3.05) is 13.1 Å². The number of hydrogen-bond acceptors (Lipinski definition) is 4. The molecule has 1 heterocycles. The van der Waals surface area contributed by atoms with Crippen molar-refractivity contribution in [3.63, 3.8) is 0 Å². The van der Waals surface area contributed by atoms with E-state index in [0.29, 0.717) is 5.71 Å². The number of aliphatic imine (C=N–C) groups is 1. The fraction of sp³-hybridized carbons (Fsp3) is 0.222. The zero-order chi connectivity index (χ0) is 16.2. The number of likely N-dealkylation sites (N-methyl/N-ethyl adjacent to an activating group) is 1. The lowest BCUT2D eigenvalue weighted by Crippen LogP contribution is -2.30. The molecular formula is C18H17FN2OS. The minimum Gasteiger partial charge on any atom is -0.298 e. The maximum absolute atomic E-state index is 12.9. The van der Waals surface area contributed by atoms with Crippen LogP contribution in [-0.2, 0) is 4.79 Å². The van der Waals surface area contributed by atoms with E-state index < -0.39 is 6.01 Å². The predicted octanol–water partition coefficient (Wildman–Crippen LogP) is 3.41. The van der Waals surface area contributed by atoms with Crippen molar-refractivity contribution in [1.82, 2.24) is 5.32 Å². The van der Waals surface area contributed by atoms with Gasteiger partial charge in [0.1, 0.15) is 17.9 Å². The van der Waals surface area contributed by atoms with E-state index >= 15 is 0 Å². The van der Waals surface area contributed by atoms with Gasteiger partial charge >= 0.3 is 0 Å². The van der Waals surface area contributed by atoms with Crippen LogP contribution in [0, 0.1) is 0 Å². The van der Waals surface area contributed by atoms with E-state index in [-0.39, 0.29) is 17.9 Å². The Labute approximate surface area is 139 Å². The molecule has 3 rings (SSSR count). The highest BCUT2D eigenvalue weighted by molar-refractivity contribution is 7.99. The maximum Gasteiger partial charge on any atom is 0.192 e. The Morgan fingerprint density at radius 1 is 1.17 bits per heavy atom. The molecule has 0 radical (unpaired) electrons. The average molecular weight is 328 g/mol. The molecule has 0 aromatic heterocycles. The van der Waals surface area contributed by atoms with E-state index in [1.54, 1.807) is 7.05 Å².